The Morgan fingerprint density at radius 1 is 1.31 bits per heavy atom. The van der Waals surface area contributed by atoms with Crippen molar-refractivity contribution in [3.05, 3.63) is 48.2 Å². The number of rotatable bonds is 5. The molecule has 0 atom stereocenters. The number of benzene rings is 1. The molecule has 0 spiro atoms. The van der Waals surface area contributed by atoms with Gasteiger partial charge in [0.05, 0.1) is 13.7 Å². The van der Waals surface area contributed by atoms with Gasteiger partial charge < -0.3 is 9.47 Å². The first-order valence-electron chi connectivity index (χ1n) is 4.16. The van der Waals surface area contributed by atoms with E-state index in [0.717, 1.165) is 5.56 Å². The van der Waals surface area contributed by atoms with Crippen molar-refractivity contribution in [3.8, 4) is 0 Å². The number of hydrogen-bond donors (Lipinski definition) is 0. The first-order chi connectivity index (χ1) is 6.33. The first kappa shape index (κ1) is 9.81. The van der Waals surface area contributed by atoms with Gasteiger partial charge in [-0.15, -0.1) is 0 Å². The lowest BCUT2D eigenvalue weighted by molar-refractivity contribution is 0.104. The fraction of sp³-hybridized carbons (Fsp3) is 0.273. The van der Waals surface area contributed by atoms with Crippen molar-refractivity contribution >= 4 is 0 Å². The normalized spacial score (nSPS) is 9.62. The molecule has 0 aliphatic carbocycles. The Bertz CT molecular complexity index is 254. The highest BCUT2D eigenvalue weighted by Crippen LogP contribution is 2.01. The van der Waals surface area contributed by atoms with Crippen LogP contribution in [-0.4, -0.2) is 13.7 Å². The molecule has 0 aliphatic rings. The maximum Gasteiger partial charge on any atom is 0.114 e. The van der Waals surface area contributed by atoms with Crippen LogP contribution in [0.2, 0.25) is 0 Å². The van der Waals surface area contributed by atoms with E-state index < -0.39 is 0 Å². The van der Waals surface area contributed by atoms with Crippen molar-refractivity contribution in [3.63, 3.8) is 0 Å². The SMILES string of the molecule is C=C(COCc1ccccc1)OC. The van der Waals surface area contributed by atoms with Crippen molar-refractivity contribution in [1.29, 1.82) is 0 Å². The number of hydrogen-bond acceptors (Lipinski definition) is 2. The molecule has 1 rings (SSSR count). The Morgan fingerprint density at radius 2 is 2.00 bits per heavy atom. The van der Waals surface area contributed by atoms with E-state index in [1.165, 1.54) is 0 Å². The molecule has 0 fully saturated rings. The summed E-state index contributed by atoms with van der Waals surface area (Å²) < 4.78 is 10.2. The van der Waals surface area contributed by atoms with Gasteiger partial charge in [-0.1, -0.05) is 36.9 Å². The summed E-state index contributed by atoms with van der Waals surface area (Å²) in [5, 5.41) is 0. The first-order valence-corrected chi connectivity index (χ1v) is 4.16. The van der Waals surface area contributed by atoms with E-state index in [1.54, 1.807) is 7.11 Å². The summed E-state index contributed by atoms with van der Waals surface area (Å²) in [5.41, 5.74) is 1.16. The Labute approximate surface area is 78.8 Å². The molecule has 0 unspecified atom stereocenters. The van der Waals surface area contributed by atoms with E-state index in [4.69, 9.17) is 9.47 Å². The second kappa shape index (κ2) is 5.38. The zero-order valence-corrected chi connectivity index (χ0v) is 7.82. The monoisotopic (exact) mass is 178 g/mol. The van der Waals surface area contributed by atoms with Gasteiger partial charge in [0.15, 0.2) is 0 Å². The van der Waals surface area contributed by atoms with E-state index in [-0.39, 0.29) is 0 Å². The van der Waals surface area contributed by atoms with Crippen molar-refractivity contribution in [2.75, 3.05) is 13.7 Å². The Morgan fingerprint density at radius 3 is 2.62 bits per heavy atom. The average molecular weight is 178 g/mol. The molecule has 0 saturated carbocycles. The molecule has 2 heteroatoms. The molecule has 0 aromatic heterocycles. The molecule has 0 bridgehead atoms. The molecule has 1 aromatic rings. The quantitative estimate of drug-likeness (QED) is 0.644. The van der Waals surface area contributed by atoms with Crippen LogP contribution in [0.3, 0.4) is 0 Å². The van der Waals surface area contributed by atoms with E-state index in [1.807, 2.05) is 30.3 Å². The predicted molar refractivity (Wildman–Crippen MR) is 52.2 cm³/mol. The van der Waals surface area contributed by atoms with Gasteiger partial charge in [0.1, 0.15) is 12.4 Å². The van der Waals surface area contributed by atoms with Crippen LogP contribution in [0.5, 0.6) is 0 Å². The maximum absolute atomic E-state index is 5.35. The highest BCUT2D eigenvalue weighted by atomic mass is 16.5. The number of methoxy groups -OCH3 is 1. The summed E-state index contributed by atoms with van der Waals surface area (Å²) in [6.07, 6.45) is 0. The standard InChI is InChI=1S/C11H14O2/c1-10(12-2)8-13-9-11-6-4-3-5-7-11/h3-7H,1,8-9H2,2H3. The molecular formula is C11H14O2. The zero-order valence-electron chi connectivity index (χ0n) is 7.82. The lowest BCUT2D eigenvalue weighted by Crippen LogP contribution is -1.99. The molecule has 0 radical (unpaired) electrons. The minimum absolute atomic E-state index is 0.450. The van der Waals surface area contributed by atoms with Gasteiger partial charge in [-0.05, 0) is 5.56 Å². The number of ether oxygens (including phenoxy) is 2. The van der Waals surface area contributed by atoms with Crippen LogP contribution in [-0.2, 0) is 16.1 Å². The van der Waals surface area contributed by atoms with E-state index >= 15 is 0 Å². The summed E-state index contributed by atoms with van der Waals surface area (Å²) in [4.78, 5) is 0. The van der Waals surface area contributed by atoms with Gasteiger partial charge in [0, 0.05) is 0 Å². The van der Waals surface area contributed by atoms with Crippen molar-refractivity contribution in [2.45, 2.75) is 6.61 Å². The molecule has 0 N–H and O–H groups in total. The zero-order chi connectivity index (χ0) is 9.52. The Balaban J connectivity index is 2.24. The fourth-order valence-electron chi connectivity index (χ4n) is 0.916. The summed E-state index contributed by atoms with van der Waals surface area (Å²) in [5.74, 6) is 0.649. The van der Waals surface area contributed by atoms with Gasteiger partial charge in [0.25, 0.3) is 0 Å². The van der Waals surface area contributed by atoms with Crippen LogP contribution in [0.25, 0.3) is 0 Å². The molecule has 2 nitrogen and oxygen atoms in total. The topological polar surface area (TPSA) is 18.5 Å². The molecule has 0 amide bonds. The van der Waals surface area contributed by atoms with Crippen LogP contribution >= 0.6 is 0 Å². The predicted octanol–water partition coefficient (Wildman–Crippen LogP) is 2.36. The van der Waals surface area contributed by atoms with Crippen molar-refractivity contribution in [2.24, 2.45) is 0 Å². The largest absolute Gasteiger partial charge is 0.499 e. The molecule has 0 saturated heterocycles. The van der Waals surface area contributed by atoms with Gasteiger partial charge in [-0.3, -0.25) is 0 Å². The molecular weight excluding hydrogens is 164 g/mol. The van der Waals surface area contributed by atoms with E-state index in [0.29, 0.717) is 19.0 Å². The minimum atomic E-state index is 0.450. The summed E-state index contributed by atoms with van der Waals surface area (Å²) in [6, 6.07) is 10.0. The fourth-order valence-corrected chi connectivity index (χ4v) is 0.916. The van der Waals surface area contributed by atoms with Crippen LogP contribution in [0, 0.1) is 0 Å². The highest BCUT2D eigenvalue weighted by Gasteiger charge is 1.93. The van der Waals surface area contributed by atoms with Gasteiger partial charge in [0.2, 0.25) is 0 Å². The lowest BCUT2D eigenvalue weighted by atomic mass is 10.2. The van der Waals surface area contributed by atoms with Crippen molar-refractivity contribution < 1.29 is 9.47 Å². The molecule has 1 aromatic carbocycles. The molecule has 0 aliphatic heterocycles. The van der Waals surface area contributed by atoms with E-state index in [9.17, 15) is 0 Å². The second-order valence-electron chi connectivity index (χ2n) is 2.72. The average Bonchev–Trinajstić information content (AvgIpc) is 2.19. The Kier molecular flexibility index (Phi) is 4.06. The smallest absolute Gasteiger partial charge is 0.114 e. The summed E-state index contributed by atoms with van der Waals surface area (Å²) in [6.45, 7) is 4.71. The van der Waals surface area contributed by atoms with Gasteiger partial charge in [-0.2, -0.15) is 0 Å². The van der Waals surface area contributed by atoms with Crippen LogP contribution in [0.1, 0.15) is 5.56 Å². The third-order valence-electron chi connectivity index (χ3n) is 1.66. The van der Waals surface area contributed by atoms with Crippen LogP contribution in [0.4, 0.5) is 0 Å². The molecule has 70 valence electrons. The van der Waals surface area contributed by atoms with Crippen LogP contribution in [0.15, 0.2) is 42.7 Å². The van der Waals surface area contributed by atoms with Gasteiger partial charge >= 0.3 is 0 Å². The second-order valence-corrected chi connectivity index (χ2v) is 2.72. The maximum atomic E-state index is 5.35. The molecule has 13 heavy (non-hydrogen) atoms. The van der Waals surface area contributed by atoms with Crippen LogP contribution < -0.4 is 0 Å². The summed E-state index contributed by atoms with van der Waals surface area (Å²) >= 11 is 0. The Hall–Kier alpha value is -1.28. The minimum Gasteiger partial charge on any atom is -0.499 e. The summed E-state index contributed by atoms with van der Waals surface area (Å²) in [7, 11) is 1.59. The molecule has 0 heterocycles. The third-order valence-corrected chi connectivity index (χ3v) is 1.66. The third kappa shape index (κ3) is 3.76. The van der Waals surface area contributed by atoms with Gasteiger partial charge in [-0.25, -0.2) is 0 Å². The van der Waals surface area contributed by atoms with E-state index in [2.05, 4.69) is 6.58 Å². The lowest BCUT2D eigenvalue weighted by Gasteiger charge is -2.05. The van der Waals surface area contributed by atoms with Crippen molar-refractivity contribution in [1.82, 2.24) is 0 Å². The highest BCUT2D eigenvalue weighted by molar-refractivity contribution is 5.13.